The zero-order valence-electron chi connectivity index (χ0n) is 20.7. The Hall–Kier alpha value is -2.29. The summed E-state index contributed by atoms with van der Waals surface area (Å²) in [6.45, 7) is 6.95. The van der Waals surface area contributed by atoms with Crippen molar-refractivity contribution in [2.75, 3.05) is 17.1 Å². The number of nitrogens with one attached hydrogen (secondary N) is 1. The maximum absolute atomic E-state index is 13.7. The van der Waals surface area contributed by atoms with Crippen LogP contribution in [-0.4, -0.2) is 50.0 Å². The lowest BCUT2D eigenvalue weighted by Gasteiger charge is -2.33. The first kappa shape index (κ1) is 28.9. The molecule has 0 heterocycles. The highest BCUT2D eigenvalue weighted by molar-refractivity contribution is 7.92. The standard InChI is InChI=1S/C25H33Cl2N3O4S/c1-6-18(4)28-25(32)22(7-2)29(15-19-10-8-9-11-21(19)27)24(31)16-30(35(5,33)34)23-14-20(26)13-12-17(23)3/h8-14,18,22H,6-7,15-16H2,1-5H3,(H,28,32)/t18-,22-/m1/s1. The van der Waals surface area contributed by atoms with Crippen LogP contribution in [0.1, 0.15) is 44.7 Å². The van der Waals surface area contributed by atoms with Gasteiger partial charge in [-0.1, -0.05) is 61.3 Å². The summed E-state index contributed by atoms with van der Waals surface area (Å²) in [6, 6.07) is 11.0. The van der Waals surface area contributed by atoms with Crippen molar-refractivity contribution in [2.24, 2.45) is 0 Å². The quantitative estimate of drug-likeness (QED) is 0.443. The molecule has 0 saturated heterocycles. The number of anilines is 1. The number of sulfonamides is 1. The number of amides is 2. The number of carbonyl (C=O) groups is 2. The van der Waals surface area contributed by atoms with Crippen molar-refractivity contribution in [3.63, 3.8) is 0 Å². The van der Waals surface area contributed by atoms with E-state index in [0.29, 0.717) is 33.3 Å². The van der Waals surface area contributed by atoms with Gasteiger partial charge in [-0.25, -0.2) is 8.42 Å². The van der Waals surface area contributed by atoms with Gasteiger partial charge in [-0.15, -0.1) is 0 Å². The lowest BCUT2D eigenvalue weighted by atomic mass is 10.1. The largest absolute Gasteiger partial charge is 0.352 e. The van der Waals surface area contributed by atoms with Gasteiger partial charge in [0, 0.05) is 22.6 Å². The average molecular weight is 543 g/mol. The second-order valence-corrected chi connectivity index (χ2v) is 11.3. The molecule has 0 aliphatic rings. The fraction of sp³-hybridized carbons (Fsp3) is 0.440. The van der Waals surface area contributed by atoms with E-state index in [-0.39, 0.29) is 18.5 Å². The molecule has 0 radical (unpaired) electrons. The zero-order valence-corrected chi connectivity index (χ0v) is 23.0. The van der Waals surface area contributed by atoms with Gasteiger partial charge in [0.25, 0.3) is 0 Å². The molecule has 7 nitrogen and oxygen atoms in total. The van der Waals surface area contributed by atoms with Crippen LogP contribution in [0.25, 0.3) is 0 Å². The highest BCUT2D eigenvalue weighted by Gasteiger charge is 2.32. The number of halogens is 2. The average Bonchev–Trinajstić information content (AvgIpc) is 2.79. The van der Waals surface area contributed by atoms with Gasteiger partial charge in [-0.3, -0.25) is 13.9 Å². The van der Waals surface area contributed by atoms with Crippen molar-refractivity contribution < 1.29 is 18.0 Å². The number of benzene rings is 2. The number of carbonyl (C=O) groups excluding carboxylic acids is 2. The van der Waals surface area contributed by atoms with E-state index in [4.69, 9.17) is 23.2 Å². The van der Waals surface area contributed by atoms with Crippen LogP contribution in [0.4, 0.5) is 5.69 Å². The molecule has 2 aromatic carbocycles. The fourth-order valence-corrected chi connectivity index (χ4v) is 4.88. The monoisotopic (exact) mass is 541 g/mol. The molecule has 1 N–H and O–H groups in total. The minimum atomic E-state index is -3.84. The van der Waals surface area contributed by atoms with Crippen LogP contribution < -0.4 is 9.62 Å². The van der Waals surface area contributed by atoms with Crippen LogP contribution in [0.2, 0.25) is 10.0 Å². The Balaban J connectivity index is 2.50. The Morgan fingerprint density at radius 2 is 1.71 bits per heavy atom. The molecule has 0 aliphatic heterocycles. The topological polar surface area (TPSA) is 86.8 Å². The highest BCUT2D eigenvalue weighted by Crippen LogP contribution is 2.27. The Morgan fingerprint density at radius 1 is 1.06 bits per heavy atom. The van der Waals surface area contributed by atoms with Crippen LogP contribution in [-0.2, 0) is 26.2 Å². The summed E-state index contributed by atoms with van der Waals surface area (Å²) >= 11 is 12.5. The van der Waals surface area contributed by atoms with E-state index in [1.54, 1.807) is 43.3 Å². The maximum Gasteiger partial charge on any atom is 0.244 e. The molecule has 0 aliphatic carbocycles. The molecule has 2 rings (SSSR count). The van der Waals surface area contributed by atoms with E-state index in [9.17, 15) is 18.0 Å². The highest BCUT2D eigenvalue weighted by atomic mass is 35.5. The number of hydrogen-bond donors (Lipinski definition) is 1. The van der Waals surface area contributed by atoms with Crippen molar-refractivity contribution in [1.82, 2.24) is 10.2 Å². The van der Waals surface area contributed by atoms with E-state index < -0.39 is 28.5 Å². The van der Waals surface area contributed by atoms with Gasteiger partial charge in [-0.2, -0.15) is 0 Å². The summed E-state index contributed by atoms with van der Waals surface area (Å²) < 4.78 is 26.5. The third-order valence-corrected chi connectivity index (χ3v) is 7.53. The van der Waals surface area contributed by atoms with Gasteiger partial charge in [-0.05, 0) is 56.0 Å². The van der Waals surface area contributed by atoms with Crippen LogP contribution in [0, 0.1) is 6.92 Å². The van der Waals surface area contributed by atoms with Crippen LogP contribution in [0.5, 0.6) is 0 Å². The fourth-order valence-electron chi connectivity index (χ4n) is 3.62. The summed E-state index contributed by atoms with van der Waals surface area (Å²) in [4.78, 5) is 28.2. The number of nitrogens with zero attached hydrogens (tertiary/aromatic N) is 2. The van der Waals surface area contributed by atoms with Crippen LogP contribution >= 0.6 is 23.2 Å². The number of rotatable bonds is 11. The Morgan fingerprint density at radius 3 is 2.29 bits per heavy atom. The van der Waals surface area contributed by atoms with Crippen molar-refractivity contribution >= 4 is 50.7 Å². The lowest BCUT2D eigenvalue weighted by molar-refractivity contribution is -0.140. The first-order valence-electron chi connectivity index (χ1n) is 11.5. The lowest BCUT2D eigenvalue weighted by Crippen LogP contribution is -2.53. The number of aryl methyl sites for hydroxylation is 1. The minimum absolute atomic E-state index is 0.0526. The molecule has 0 aromatic heterocycles. The van der Waals surface area contributed by atoms with Gasteiger partial charge in [0.15, 0.2) is 0 Å². The summed E-state index contributed by atoms with van der Waals surface area (Å²) in [5.74, 6) is -0.826. The van der Waals surface area contributed by atoms with E-state index in [0.717, 1.165) is 17.0 Å². The van der Waals surface area contributed by atoms with Gasteiger partial charge in [0.05, 0.1) is 11.9 Å². The van der Waals surface area contributed by atoms with Crippen molar-refractivity contribution in [1.29, 1.82) is 0 Å². The van der Waals surface area contributed by atoms with E-state index in [1.165, 1.54) is 11.0 Å². The van der Waals surface area contributed by atoms with E-state index >= 15 is 0 Å². The predicted molar refractivity (Wildman–Crippen MR) is 142 cm³/mol. The zero-order chi connectivity index (χ0) is 26.3. The second-order valence-electron chi connectivity index (χ2n) is 8.56. The maximum atomic E-state index is 13.7. The van der Waals surface area contributed by atoms with Crippen molar-refractivity contribution in [2.45, 2.75) is 59.2 Å². The molecule has 192 valence electrons. The Bertz CT molecular complexity index is 1160. The third-order valence-electron chi connectivity index (χ3n) is 5.80. The molecule has 0 unspecified atom stereocenters. The van der Waals surface area contributed by atoms with E-state index in [1.807, 2.05) is 20.8 Å². The smallest absolute Gasteiger partial charge is 0.244 e. The molecular formula is C25H33Cl2N3O4S. The molecule has 35 heavy (non-hydrogen) atoms. The Kier molecular flexibility index (Phi) is 10.4. The molecule has 2 aromatic rings. The molecular weight excluding hydrogens is 509 g/mol. The summed E-state index contributed by atoms with van der Waals surface area (Å²) in [5.41, 5.74) is 1.61. The first-order valence-corrected chi connectivity index (χ1v) is 14.1. The molecule has 0 saturated carbocycles. The van der Waals surface area contributed by atoms with Crippen molar-refractivity contribution in [3.8, 4) is 0 Å². The summed E-state index contributed by atoms with van der Waals surface area (Å²) in [7, 11) is -3.84. The molecule has 2 atom stereocenters. The molecule has 0 spiro atoms. The molecule has 0 fully saturated rings. The van der Waals surface area contributed by atoms with Gasteiger partial charge in [0.2, 0.25) is 21.8 Å². The van der Waals surface area contributed by atoms with Crippen LogP contribution in [0.3, 0.4) is 0 Å². The third kappa shape index (κ3) is 7.85. The van der Waals surface area contributed by atoms with Gasteiger partial charge in [0.1, 0.15) is 12.6 Å². The van der Waals surface area contributed by atoms with Gasteiger partial charge < -0.3 is 10.2 Å². The van der Waals surface area contributed by atoms with Gasteiger partial charge >= 0.3 is 0 Å². The second kappa shape index (κ2) is 12.6. The SMILES string of the molecule is CC[C@@H](C)NC(=O)[C@@H](CC)N(Cc1ccccc1Cl)C(=O)CN(c1cc(Cl)ccc1C)S(C)(=O)=O. The molecule has 2 amide bonds. The normalized spacial score (nSPS) is 13.1. The predicted octanol–water partition coefficient (Wildman–Crippen LogP) is 4.79. The summed E-state index contributed by atoms with van der Waals surface area (Å²) in [5, 5.41) is 3.73. The first-order chi connectivity index (χ1) is 16.4. The Labute approximate surface area is 218 Å². The molecule has 10 heteroatoms. The van der Waals surface area contributed by atoms with Crippen molar-refractivity contribution in [3.05, 3.63) is 63.6 Å². The van der Waals surface area contributed by atoms with Crippen LogP contribution in [0.15, 0.2) is 42.5 Å². The molecule has 0 bridgehead atoms. The summed E-state index contributed by atoms with van der Waals surface area (Å²) in [6.07, 6.45) is 2.11. The minimum Gasteiger partial charge on any atom is -0.352 e. The number of hydrogen-bond acceptors (Lipinski definition) is 4. The van der Waals surface area contributed by atoms with E-state index in [2.05, 4.69) is 5.32 Å².